The molecule has 0 spiro atoms. The van der Waals surface area contributed by atoms with E-state index in [1.807, 2.05) is 0 Å². The minimum atomic E-state index is -2.83. The molecule has 76 heavy (non-hydrogen) atoms. The normalized spacial score (nSPS) is 12.8. The zero-order chi connectivity index (χ0) is 50.2. The third-order valence-corrected chi connectivity index (χ3v) is 26.2. The van der Waals surface area contributed by atoms with Crippen molar-refractivity contribution in [3.8, 4) is 33.6 Å². The number of para-hydroxylation sites is 3. The molecule has 0 atom stereocenters. The molecule has 0 fully saturated rings. The van der Waals surface area contributed by atoms with Gasteiger partial charge >= 0.3 is 0 Å². The molecular formula is C72H50N2Si2. The van der Waals surface area contributed by atoms with Gasteiger partial charge in [-0.05, 0) is 94.6 Å². The number of hydrogen-bond acceptors (Lipinski definition) is 0. The van der Waals surface area contributed by atoms with Crippen LogP contribution in [0.3, 0.4) is 0 Å². The molecule has 4 heteroatoms. The second kappa shape index (κ2) is 17.7. The van der Waals surface area contributed by atoms with Gasteiger partial charge in [0, 0.05) is 38.5 Å². The summed E-state index contributed by atoms with van der Waals surface area (Å²) in [5, 5.41) is 16.0. The molecule has 15 rings (SSSR count). The second-order valence-electron chi connectivity index (χ2n) is 20.3. The first-order valence-corrected chi connectivity index (χ1v) is 30.4. The summed E-state index contributed by atoms with van der Waals surface area (Å²) in [6.45, 7) is 0. The predicted octanol–water partition coefficient (Wildman–Crippen LogP) is 12.3. The van der Waals surface area contributed by atoms with E-state index in [-0.39, 0.29) is 0 Å². The fourth-order valence-corrected chi connectivity index (χ4v) is 23.5. The second-order valence-corrected chi connectivity index (χ2v) is 27.8. The molecule has 0 bridgehead atoms. The van der Waals surface area contributed by atoms with Gasteiger partial charge in [-0.1, -0.05) is 267 Å². The van der Waals surface area contributed by atoms with Gasteiger partial charge in [-0.3, -0.25) is 0 Å². The summed E-state index contributed by atoms with van der Waals surface area (Å²) >= 11 is 0. The first kappa shape index (κ1) is 44.2. The van der Waals surface area contributed by atoms with Crippen molar-refractivity contribution in [1.29, 1.82) is 0 Å². The highest BCUT2D eigenvalue weighted by Gasteiger charge is 2.49. The Balaban J connectivity index is 0.986. The Hall–Kier alpha value is -9.33. The lowest BCUT2D eigenvalue weighted by Gasteiger charge is -2.34. The van der Waals surface area contributed by atoms with E-state index >= 15 is 0 Å². The quantitative estimate of drug-likeness (QED) is 0.101. The fraction of sp³-hybridized carbons (Fsp3) is 0. The average Bonchev–Trinajstić information content (AvgIpc) is 4.19. The molecule has 0 saturated carbocycles. The van der Waals surface area contributed by atoms with Gasteiger partial charge < -0.3 is 9.13 Å². The maximum Gasteiger partial charge on any atom is 0.180 e. The summed E-state index contributed by atoms with van der Waals surface area (Å²) in [5.74, 6) is 0. The van der Waals surface area contributed by atoms with Crippen LogP contribution >= 0.6 is 0 Å². The molecule has 1 aliphatic heterocycles. The van der Waals surface area contributed by atoms with Crippen LogP contribution in [0, 0.1) is 0 Å². The minimum Gasteiger partial charge on any atom is -0.309 e. The zero-order valence-corrected chi connectivity index (χ0v) is 43.8. The Morgan fingerprint density at radius 1 is 0.263 bits per heavy atom. The molecule has 2 nitrogen and oxygen atoms in total. The van der Waals surface area contributed by atoms with Crippen molar-refractivity contribution in [2.24, 2.45) is 0 Å². The van der Waals surface area contributed by atoms with Crippen LogP contribution in [-0.4, -0.2) is 25.3 Å². The van der Waals surface area contributed by atoms with Gasteiger partial charge in [0.15, 0.2) is 16.1 Å². The van der Waals surface area contributed by atoms with Crippen molar-refractivity contribution in [1.82, 2.24) is 9.13 Å². The van der Waals surface area contributed by atoms with Crippen molar-refractivity contribution in [2.75, 3.05) is 0 Å². The molecule has 356 valence electrons. The third-order valence-electron chi connectivity index (χ3n) is 16.5. The van der Waals surface area contributed by atoms with Gasteiger partial charge in [0.2, 0.25) is 0 Å². The van der Waals surface area contributed by atoms with Gasteiger partial charge in [0.1, 0.15) is 0 Å². The molecule has 1 aliphatic rings. The van der Waals surface area contributed by atoms with E-state index in [0.29, 0.717) is 0 Å². The lowest BCUT2D eigenvalue weighted by molar-refractivity contribution is 1.16. The summed E-state index contributed by atoms with van der Waals surface area (Å²) in [7, 11) is -5.56. The highest BCUT2D eigenvalue weighted by atomic mass is 28.3. The van der Waals surface area contributed by atoms with E-state index < -0.39 is 16.1 Å². The average molecular weight is 999 g/mol. The van der Waals surface area contributed by atoms with Gasteiger partial charge in [-0.15, -0.1) is 0 Å². The van der Waals surface area contributed by atoms with E-state index in [1.54, 1.807) is 0 Å². The fourth-order valence-electron chi connectivity index (χ4n) is 13.5. The summed E-state index contributed by atoms with van der Waals surface area (Å²) < 4.78 is 5.07. The topological polar surface area (TPSA) is 9.86 Å². The molecule has 0 amide bonds. The number of fused-ring (bicyclic) bond motifs is 9. The van der Waals surface area contributed by atoms with Crippen molar-refractivity contribution < 1.29 is 0 Å². The number of benzene rings is 12. The molecule has 14 aromatic rings. The van der Waals surface area contributed by atoms with Crippen molar-refractivity contribution in [3.05, 3.63) is 303 Å². The molecule has 0 aliphatic carbocycles. The van der Waals surface area contributed by atoms with Crippen molar-refractivity contribution >= 4 is 101 Å². The predicted molar refractivity (Wildman–Crippen MR) is 327 cm³/mol. The van der Waals surface area contributed by atoms with Gasteiger partial charge in [0.25, 0.3) is 0 Å². The maximum atomic E-state index is 2.55. The van der Waals surface area contributed by atoms with Crippen LogP contribution in [0.5, 0.6) is 0 Å². The molecule has 3 heterocycles. The van der Waals surface area contributed by atoms with Crippen LogP contribution in [0.2, 0.25) is 0 Å². The Bertz CT molecular complexity index is 4370. The van der Waals surface area contributed by atoms with Crippen LogP contribution in [-0.2, 0) is 0 Å². The third kappa shape index (κ3) is 6.38. The van der Waals surface area contributed by atoms with E-state index in [0.717, 1.165) is 11.4 Å². The smallest absolute Gasteiger partial charge is 0.180 e. The highest BCUT2D eigenvalue weighted by molar-refractivity contribution is 7.22. The SMILES string of the molecule is c1ccc([Si](c2ccccc2)(c2ccccc2)c2cccc(-n3c4ccccc4c4ccc(-n5c6ccccc6c6cccc(-c7cccc8c7-c7ccccc7[Si]8(c7ccccc7)c7ccccc7)c65)cc43)c2)cc1. The molecule has 0 unspecified atom stereocenters. The number of hydrogen-bond donors (Lipinski definition) is 0. The monoisotopic (exact) mass is 998 g/mol. The molecule has 2 aromatic heterocycles. The van der Waals surface area contributed by atoms with Crippen LogP contribution in [0.4, 0.5) is 0 Å². The van der Waals surface area contributed by atoms with Gasteiger partial charge in [-0.2, -0.15) is 0 Å². The molecular weight excluding hydrogens is 949 g/mol. The van der Waals surface area contributed by atoms with Gasteiger partial charge in [-0.25, -0.2) is 0 Å². The number of nitrogens with zero attached hydrogens (tertiary/aromatic N) is 2. The molecule has 0 saturated heterocycles. The van der Waals surface area contributed by atoms with Crippen molar-refractivity contribution in [2.45, 2.75) is 0 Å². The standard InChI is InChI=1S/C72H50N2Si2/c1-6-26-53(27-7-1)75(54-28-8-2-9-29-54,55-30-10-3-11-31-55)58-36-22-25-51(49-58)73-66-43-19-16-37-59(66)61-48-47-52(50-68(61)73)74-67-44-20-17-38-60(67)63-41-23-42-64(72(63)74)62-40-24-46-70-71(62)65-39-18-21-45-69(65)76(70,56-32-12-4-13-33-56)57-34-14-5-15-35-57/h1-50H. The minimum absolute atomic E-state index is 1.12. The summed E-state index contributed by atoms with van der Waals surface area (Å²) in [6.07, 6.45) is 0. The molecule has 12 aromatic carbocycles. The largest absolute Gasteiger partial charge is 0.309 e. The van der Waals surface area contributed by atoms with Crippen molar-refractivity contribution in [3.63, 3.8) is 0 Å². The maximum absolute atomic E-state index is 2.83. The molecule has 0 radical (unpaired) electrons. The lowest BCUT2D eigenvalue weighted by atomic mass is 9.93. The Morgan fingerprint density at radius 3 is 1.34 bits per heavy atom. The van der Waals surface area contributed by atoms with Gasteiger partial charge in [0.05, 0.1) is 22.1 Å². The van der Waals surface area contributed by atoms with E-state index in [9.17, 15) is 0 Å². The number of aromatic nitrogens is 2. The van der Waals surface area contributed by atoms with Crippen LogP contribution in [0.25, 0.3) is 77.2 Å². The molecule has 0 N–H and O–H groups in total. The van der Waals surface area contributed by atoms with Crippen LogP contribution in [0.1, 0.15) is 0 Å². The highest BCUT2D eigenvalue weighted by Crippen LogP contribution is 2.44. The first-order valence-electron chi connectivity index (χ1n) is 26.4. The number of rotatable bonds is 9. The lowest BCUT2D eigenvalue weighted by Crippen LogP contribution is -2.74. The van der Waals surface area contributed by atoms with E-state index in [4.69, 9.17) is 0 Å². The Labute approximate surface area is 444 Å². The van der Waals surface area contributed by atoms with Crippen LogP contribution in [0.15, 0.2) is 303 Å². The van der Waals surface area contributed by atoms with E-state index in [2.05, 4.69) is 312 Å². The van der Waals surface area contributed by atoms with E-state index in [1.165, 1.54) is 107 Å². The summed E-state index contributed by atoms with van der Waals surface area (Å²) in [4.78, 5) is 0. The summed E-state index contributed by atoms with van der Waals surface area (Å²) in [6, 6.07) is 114. The Kier molecular flexibility index (Phi) is 10.3. The summed E-state index contributed by atoms with van der Waals surface area (Å²) in [5.41, 5.74) is 12.2. The Morgan fingerprint density at radius 2 is 0.697 bits per heavy atom. The zero-order valence-electron chi connectivity index (χ0n) is 41.8. The van der Waals surface area contributed by atoms with Crippen LogP contribution < -0.4 is 41.5 Å². The first-order chi connectivity index (χ1) is 37.7.